The molecule has 0 radical (unpaired) electrons. The van der Waals surface area contributed by atoms with Crippen LogP contribution in [0.2, 0.25) is 0 Å². The summed E-state index contributed by atoms with van der Waals surface area (Å²) in [5.74, 6) is -2.77. The van der Waals surface area contributed by atoms with E-state index >= 15 is 0 Å². The van der Waals surface area contributed by atoms with Crippen LogP contribution in [0.4, 0.5) is 0 Å². The van der Waals surface area contributed by atoms with Crippen molar-refractivity contribution in [1.29, 1.82) is 0 Å². The maximum atomic E-state index is 14.8. The van der Waals surface area contributed by atoms with E-state index in [0.717, 1.165) is 5.52 Å². The fourth-order valence-corrected chi connectivity index (χ4v) is 7.56. The second-order valence-electron chi connectivity index (χ2n) is 12.5. The van der Waals surface area contributed by atoms with Gasteiger partial charge in [0, 0.05) is 20.1 Å². The number of aliphatic hydroxyl groups is 1. The lowest BCUT2D eigenvalue weighted by Crippen LogP contribution is -2.60. The fourth-order valence-electron chi connectivity index (χ4n) is 7.56. The molecule has 1 N–H and O–H groups in total. The van der Waals surface area contributed by atoms with Crippen molar-refractivity contribution >= 4 is 28.8 Å². The second-order valence-corrected chi connectivity index (χ2v) is 12.5. The lowest BCUT2D eigenvalue weighted by Gasteiger charge is -2.40. The normalized spacial score (nSPS) is 30.5. The minimum atomic E-state index is -1.23. The number of fused-ring (bicyclic) bond motifs is 2. The van der Waals surface area contributed by atoms with Crippen LogP contribution in [0, 0.1) is 23.7 Å². The molecular weight excluding hydrogens is 536 g/mol. The number of nitrogens with zero attached hydrogens (tertiary/aromatic N) is 6. The average molecular weight is 579 g/mol. The van der Waals surface area contributed by atoms with E-state index < -0.39 is 35.1 Å². The molecule has 226 valence electrons. The number of para-hydroxylation sites is 1. The number of hydrogen-bond donors (Lipinski definition) is 1. The van der Waals surface area contributed by atoms with E-state index in [4.69, 9.17) is 4.74 Å². The van der Waals surface area contributed by atoms with E-state index in [1.165, 1.54) is 4.90 Å². The second kappa shape index (κ2) is 10.9. The number of likely N-dealkylation sites (tertiary alicyclic amines) is 1. The van der Waals surface area contributed by atoms with Crippen molar-refractivity contribution in [2.45, 2.75) is 64.1 Å². The van der Waals surface area contributed by atoms with Crippen molar-refractivity contribution in [2.24, 2.45) is 23.7 Å². The van der Waals surface area contributed by atoms with E-state index in [1.807, 2.05) is 52.0 Å². The zero-order chi connectivity index (χ0) is 30.6. The number of carbonyl (C=O) groups is 3. The van der Waals surface area contributed by atoms with Gasteiger partial charge in [-0.1, -0.05) is 50.3 Å². The molecule has 4 heterocycles. The van der Waals surface area contributed by atoms with Crippen LogP contribution in [0.25, 0.3) is 11.0 Å². The first-order valence-corrected chi connectivity index (χ1v) is 14.6. The van der Waals surface area contributed by atoms with Gasteiger partial charge in [-0.15, -0.1) is 18.3 Å². The van der Waals surface area contributed by atoms with Crippen molar-refractivity contribution in [3.05, 3.63) is 49.6 Å². The zero-order valence-electron chi connectivity index (χ0n) is 25.1. The molecule has 42 heavy (non-hydrogen) atoms. The molecule has 1 spiro atoms. The third-order valence-corrected chi connectivity index (χ3v) is 9.73. The summed E-state index contributed by atoms with van der Waals surface area (Å²) < 4.78 is 8.51. The molecule has 3 aliphatic heterocycles. The number of benzene rings is 1. The van der Waals surface area contributed by atoms with Crippen molar-refractivity contribution < 1.29 is 24.2 Å². The SMILES string of the molecule is C=CCN(C)C(=O)[C@H]1[C@H]2C(=O)N([C@@H](CO)C(C)C)C(C(=O)N(CC=C)Cn3nnc4ccccc43)C23CC(C)[C@]1(C)O3. The van der Waals surface area contributed by atoms with Crippen LogP contribution < -0.4 is 0 Å². The number of hydrogen-bond acceptors (Lipinski definition) is 7. The highest BCUT2D eigenvalue weighted by atomic mass is 16.5. The molecule has 0 saturated carbocycles. The number of ether oxygens (including phenoxy) is 1. The monoisotopic (exact) mass is 578 g/mol. The molecular formula is C31H42N6O5. The predicted molar refractivity (Wildman–Crippen MR) is 157 cm³/mol. The molecule has 3 unspecified atom stereocenters. The van der Waals surface area contributed by atoms with Gasteiger partial charge in [-0.2, -0.15) is 0 Å². The van der Waals surface area contributed by atoms with Crippen molar-refractivity contribution in [3.63, 3.8) is 0 Å². The quantitative estimate of drug-likeness (QED) is 0.405. The third kappa shape index (κ3) is 4.27. The van der Waals surface area contributed by atoms with Crippen molar-refractivity contribution in [1.82, 2.24) is 29.7 Å². The molecule has 3 amide bonds. The van der Waals surface area contributed by atoms with Crippen LogP contribution in [0.5, 0.6) is 0 Å². The Labute approximate surface area is 246 Å². The Hall–Kier alpha value is -3.57. The molecule has 1 aromatic heterocycles. The van der Waals surface area contributed by atoms with Crippen LogP contribution in [0.1, 0.15) is 34.1 Å². The molecule has 11 heteroatoms. The lowest BCUT2D eigenvalue weighted by molar-refractivity contribution is -0.159. The van der Waals surface area contributed by atoms with Gasteiger partial charge >= 0.3 is 0 Å². The molecule has 3 saturated heterocycles. The molecule has 5 rings (SSSR count). The molecule has 2 bridgehead atoms. The van der Waals surface area contributed by atoms with Crippen LogP contribution in [0.15, 0.2) is 49.6 Å². The van der Waals surface area contributed by atoms with E-state index in [2.05, 4.69) is 23.5 Å². The number of aromatic nitrogens is 3. The highest BCUT2D eigenvalue weighted by Crippen LogP contribution is 2.66. The summed E-state index contributed by atoms with van der Waals surface area (Å²) in [5, 5.41) is 19.0. The summed E-state index contributed by atoms with van der Waals surface area (Å²) >= 11 is 0. The molecule has 11 nitrogen and oxygen atoms in total. The number of amides is 3. The Morgan fingerprint density at radius 2 is 1.90 bits per heavy atom. The smallest absolute Gasteiger partial charge is 0.250 e. The average Bonchev–Trinajstić information content (AvgIpc) is 3.62. The molecule has 3 aliphatic rings. The first kappa shape index (κ1) is 29.9. The van der Waals surface area contributed by atoms with Gasteiger partial charge in [0.15, 0.2) is 0 Å². The number of aliphatic hydroxyl groups excluding tert-OH is 1. The Bertz CT molecular complexity index is 1410. The van der Waals surface area contributed by atoms with Crippen LogP contribution in [0.3, 0.4) is 0 Å². The lowest BCUT2D eigenvalue weighted by atomic mass is 9.62. The van der Waals surface area contributed by atoms with Gasteiger partial charge in [0.05, 0.1) is 35.6 Å². The van der Waals surface area contributed by atoms with Crippen molar-refractivity contribution in [3.8, 4) is 0 Å². The molecule has 2 aromatic rings. The predicted octanol–water partition coefficient (Wildman–Crippen LogP) is 2.08. The van der Waals surface area contributed by atoms with E-state index in [1.54, 1.807) is 33.7 Å². The van der Waals surface area contributed by atoms with Gasteiger partial charge in [0.1, 0.15) is 23.8 Å². The topological polar surface area (TPSA) is 121 Å². The molecule has 7 atom stereocenters. The minimum Gasteiger partial charge on any atom is -0.394 e. The first-order valence-electron chi connectivity index (χ1n) is 14.6. The Kier molecular flexibility index (Phi) is 7.78. The number of rotatable bonds is 11. The maximum absolute atomic E-state index is 14.8. The van der Waals surface area contributed by atoms with Crippen molar-refractivity contribution in [2.75, 3.05) is 26.7 Å². The number of likely N-dealkylation sites (N-methyl/N-ethyl adjacent to an activating group) is 1. The van der Waals surface area contributed by atoms with Gasteiger partial charge in [0.25, 0.3) is 0 Å². The van der Waals surface area contributed by atoms with Crippen LogP contribution in [-0.4, -0.2) is 103 Å². The zero-order valence-corrected chi connectivity index (χ0v) is 25.1. The van der Waals surface area contributed by atoms with Gasteiger partial charge in [-0.05, 0) is 37.3 Å². The molecule has 0 aliphatic carbocycles. The summed E-state index contributed by atoms with van der Waals surface area (Å²) in [6, 6.07) is 5.79. The summed E-state index contributed by atoms with van der Waals surface area (Å²) in [7, 11) is 1.69. The highest BCUT2D eigenvalue weighted by Gasteiger charge is 2.80. The minimum absolute atomic E-state index is 0.0768. The Balaban J connectivity index is 1.62. The first-order chi connectivity index (χ1) is 20.0. The van der Waals surface area contributed by atoms with Gasteiger partial charge in [-0.25, -0.2) is 4.68 Å². The standard InChI is InChI=1S/C31H42N6O5/c1-8-14-34(7)27(39)24-25-28(40)37(23(17-38)19(3)4)26(31(25)16-20(5)30(24,6)42-31)29(41)35(15-9-2)18-36-22-13-11-10-12-21(22)32-33-36/h8-13,19-20,23-26,38H,1-2,14-18H2,3-7H3/t20?,23-,24+,25-,26?,30-,31?/m0/s1. The molecule has 1 aromatic carbocycles. The van der Waals surface area contributed by atoms with Crippen LogP contribution >= 0.6 is 0 Å². The Morgan fingerprint density at radius 1 is 1.21 bits per heavy atom. The van der Waals surface area contributed by atoms with Gasteiger partial charge in [0.2, 0.25) is 17.7 Å². The molecule has 3 fully saturated rings. The summed E-state index contributed by atoms with van der Waals surface area (Å²) in [4.78, 5) is 48.0. The van der Waals surface area contributed by atoms with E-state index in [0.29, 0.717) is 18.5 Å². The Morgan fingerprint density at radius 3 is 2.55 bits per heavy atom. The number of carbonyl (C=O) groups excluding carboxylic acids is 3. The van der Waals surface area contributed by atoms with E-state index in [9.17, 15) is 19.5 Å². The summed E-state index contributed by atoms with van der Waals surface area (Å²) in [5.41, 5.74) is -0.705. The summed E-state index contributed by atoms with van der Waals surface area (Å²) in [6.45, 7) is 15.6. The van der Waals surface area contributed by atoms with Crippen LogP contribution in [-0.2, 0) is 25.8 Å². The van der Waals surface area contributed by atoms with Gasteiger partial charge < -0.3 is 24.5 Å². The van der Waals surface area contributed by atoms with Gasteiger partial charge in [-0.3, -0.25) is 14.4 Å². The largest absolute Gasteiger partial charge is 0.394 e. The summed E-state index contributed by atoms with van der Waals surface area (Å²) in [6.07, 6.45) is 3.71. The maximum Gasteiger partial charge on any atom is 0.250 e. The highest BCUT2D eigenvalue weighted by molar-refractivity contribution is 5.99. The third-order valence-electron chi connectivity index (χ3n) is 9.73. The fraction of sp³-hybridized carbons (Fsp3) is 0.581. The van der Waals surface area contributed by atoms with E-state index in [-0.39, 0.29) is 49.4 Å².